The number of hydrogen-bond donors (Lipinski definition) is 0. The quantitative estimate of drug-likeness (QED) is 0.262. The van der Waals surface area contributed by atoms with Crippen LogP contribution in [-0.2, 0) is 13.2 Å². The molecule has 152 valence electrons. The molecule has 6 nitrogen and oxygen atoms in total. The molecule has 29 heavy (non-hydrogen) atoms. The predicted octanol–water partition coefficient (Wildman–Crippen LogP) is 5.22. The summed E-state index contributed by atoms with van der Waals surface area (Å²) in [6.45, 7) is 2.39. The Balaban J connectivity index is 1.58. The Kier molecular flexibility index (Phi) is 6.05. The van der Waals surface area contributed by atoms with Gasteiger partial charge in [-0.15, -0.1) is 0 Å². The lowest BCUT2D eigenvalue weighted by Gasteiger charge is -2.32. The van der Waals surface area contributed by atoms with E-state index in [1.54, 1.807) is 12.1 Å². The van der Waals surface area contributed by atoms with Crippen molar-refractivity contribution >= 4 is 39.2 Å². The van der Waals surface area contributed by atoms with Crippen molar-refractivity contribution in [3.63, 3.8) is 0 Å². The van der Waals surface area contributed by atoms with Crippen LogP contribution in [0.15, 0.2) is 48.7 Å². The summed E-state index contributed by atoms with van der Waals surface area (Å²) in [7, 11) is 2.21. The Morgan fingerprint density at radius 1 is 1.24 bits per heavy atom. The molecule has 0 bridgehead atoms. The summed E-state index contributed by atoms with van der Waals surface area (Å²) in [5.41, 5.74) is 2.07. The van der Waals surface area contributed by atoms with Crippen LogP contribution < -0.4 is 4.74 Å². The summed E-state index contributed by atoms with van der Waals surface area (Å²) in [5.74, 6) is 0.821. The molecule has 0 aliphatic carbocycles. The first kappa shape index (κ1) is 20.2. The van der Waals surface area contributed by atoms with Crippen molar-refractivity contribution in [2.75, 3.05) is 13.6 Å². The van der Waals surface area contributed by atoms with Crippen LogP contribution in [0.1, 0.15) is 24.8 Å². The Bertz CT molecular complexity index is 1030. The number of para-hydroxylation sites is 1. The van der Waals surface area contributed by atoms with Crippen LogP contribution in [0.25, 0.3) is 10.9 Å². The maximum Gasteiger partial charge on any atom is 0.269 e. The molecule has 1 fully saturated rings. The molecular weight excluding hydrogens is 481 g/mol. The first-order chi connectivity index (χ1) is 14.0. The van der Waals surface area contributed by atoms with Gasteiger partial charge in [-0.05, 0) is 67.2 Å². The van der Waals surface area contributed by atoms with Crippen LogP contribution in [-0.4, -0.2) is 34.0 Å². The third-order valence-corrected chi connectivity index (χ3v) is 6.76. The summed E-state index contributed by atoms with van der Waals surface area (Å²) in [4.78, 5) is 13.2. The molecule has 3 aromatic rings. The Morgan fingerprint density at radius 2 is 2.07 bits per heavy atom. The van der Waals surface area contributed by atoms with E-state index in [0.29, 0.717) is 12.6 Å². The van der Waals surface area contributed by atoms with E-state index < -0.39 is 0 Å². The molecule has 7 heteroatoms. The Labute approximate surface area is 183 Å². The predicted molar refractivity (Wildman–Crippen MR) is 122 cm³/mol. The number of likely N-dealkylation sites (N-methyl/N-ethyl adjacent to an activating group) is 1. The van der Waals surface area contributed by atoms with Crippen molar-refractivity contribution < 1.29 is 9.66 Å². The average Bonchev–Trinajstić information content (AvgIpc) is 3.06. The van der Waals surface area contributed by atoms with Gasteiger partial charge in [0.1, 0.15) is 12.4 Å². The number of hydrogen-bond acceptors (Lipinski definition) is 4. The highest BCUT2D eigenvalue weighted by molar-refractivity contribution is 14.1. The van der Waals surface area contributed by atoms with Crippen LogP contribution in [0.2, 0.25) is 0 Å². The Morgan fingerprint density at radius 3 is 2.86 bits per heavy atom. The van der Waals surface area contributed by atoms with E-state index in [1.807, 2.05) is 6.07 Å². The second-order valence-electron chi connectivity index (χ2n) is 7.61. The normalized spacial score (nSPS) is 17.5. The minimum atomic E-state index is -0.369. The zero-order chi connectivity index (χ0) is 20.4. The molecule has 1 atom stereocenters. The molecule has 1 saturated heterocycles. The molecule has 2 heterocycles. The molecule has 1 aromatic heterocycles. The van der Waals surface area contributed by atoms with E-state index in [-0.39, 0.29) is 10.6 Å². The summed E-state index contributed by atoms with van der Waals surface area (Å²) in [5, 5.41) is 12.2. The van der Waals surface area contributed by atoms with Crippen molar-refractivity contribution in [2.24, 2.45) is 0 Å². The number of rotatable bonds is 6. The van der Waals surface area contributed by atoms with E-state index in [1.165, 1.54) is 25.3 Å². The van der Waals surface area contributed by atoms with Crippen molar-refractivity contribution in [3.05, 3.63) is 67.9 Å². The lowest BCUT2D eigenvalue weighted by Crippen LogP contribution is -2.38. The van der Waals surface area contributed by atoms with Crippen molar-refractivity contribution in [3.8, 4) is 5.75 Å². The molecule has 0 N–H and O–H groups in total. The second-order valence-corrected chi connectivity index (χ2v) is 8.78. The van der Waals surface area contributed by atoms with Crippen LogP contribution >= 0.6 is 22.6 Å². The number of aromatic nitrogens is 1. The lowest BCUT2D eigenvalue weighted by atomic mass is 10.0. The highest BCUT2D eigenvalue weighted by Crippen LogP contribution is 2.31. The van der Waals surface area contributed by atoms with Gasteiger partial charge in [0.05, 0.1) is 10.4 Å². The zero-order valence-corrected chi connectivity index (χ0v) is 18.5. The van der Waals surface area contributed by atoms with Gasteiger partial charge in [-0.25, -0.2) is 0 Å². The number of halogens is 1. The molecule has 0 saturated carbocycles. The van der Waals surface area contributed by atoms with Gasteiger partial charge < -0.3 is 14.2 Å². The third kappa shape index (κ3) is 4.40. The molecule has 4 rings (SSSR count). The van der Waals surface area contributed by atoms with Gasteiger partial charge in [-0.1, -0.05) is 18.6 Å². The van der Waals surface area contributed by atoms with Gasteiger partial charge in [-0.3, -0.25) is 10.1 Å². The van der Waals surface area contributed by atoms with E-state index in [0.717, 1.165) is 38.9 Å². The Hall–Kier alpha value is -2.13. The fourth-order valence-corrected chi connectivity index (χ4v) is 4.51. The van der Waals surface area contributed by atoms with Gasteiger partial charge in [-0.2, -0.15) is 0 Å². The molecule has 1 aliphatic rings. The summed E-state index contributed by atoms with van der Waals surface area (Å²) < 4.78 is 9.40. The summed E-state index contributed by atoms with van der Waals surface area (Å²) in [6.07, 6.45) is 5.85. The van der Waals surface area contributed by atoms with Crippen LogP contribution in [0.5, 0.6) is 5.75 Å². The van der Waals surface area contributed by atoms with Gasteiger partial charge in [0, 0.05) is 45.4 Å². The monoisotopic (exact) mass is 505 g/mol. The van der Waals surface area contributed by atoms with Crippen molar-refractivity contribution in [1.29, 1.82) is 0 Å². The van der Waals surface area contributed by atoms with E-state index >= 15 is 0 Å². The number of nitrogens with zero attached hydrogens (tertiary/aromatic N) is 3. The van der Waals surface area contributed by atoms with E-state index in [4.69, 9.17) is 4.74 Å². The molecule has 0 radical (unpaired) electrons. The number of benzene rings is 2. The lowest BCUT2D eigenvalue weighted by molar-refractivity contribution is -0.385. The first-order valence-corrected chi connectivity index (χ1v) is 10.9. The highest BCUT2D eigenvalue weighted by Gasteiger charge is 2.21. The molecular formula is C22H24IN3O3. The number of nitro groups is 1. The van der Waals surface area contributed by atoms with Gasteiger partial charge in [0.2, 0.25) is 0 Å². The first-order valence-electron chi connectivity index (χ1n) is 9.86. The number of fused-ring (bicyclic) bond motifs is 1. The van der Waals surface area contributed by atoms with E-state index in [2.05, 4.69) is 63.5 Å². The standard InChI is InChI=1S/C22H24IN3O3/c1-24-11-5-4-6-18(24)13-25-14-22(19-7-2-3-8-21(19)25)29-15-16-12-17(26(27)28)9-10-20(16)23/h2-3,7-10,12,14,18H,4-6,11,13,15H2,1H3. The molecule has 0 amide bonds. The minimum absolute atomic E-state index is 0.0896. The third-order valence-electron chi connectivity index (χ3n) is 5.70. The fourth-order valence-electron chi connectivity index (χ4n) is 4.02. The number of non-ortho nitro benzene ring substituents is 1. The highest BCUT2D eigenvalue weighted by atomic mass is 127. The molecule has 1 aliphatic heterocycles. The minimum Gasteiger partial charge on any atom is -0.487 e. The molecule has 0 spiro atoms. The number of likely N-dealkylation sites (tertiary alicyclic amines) is 1. The van der Waals surface area contributed by atoms with Crippen molar-refractivity contribution in [2.45, 2.75) is 38.5 Å². The van der Waals surface area contributed by atoms with Gasteiger partial charge >= 0.3 is 0 Å². The summed E-state index contributed by atoms with van der Waals surface area (Å²) >= 11 is 2.19. The maximum absolute atomic E-state index is 11.1. The SMILES string of the molecule is CN1CCCCC1Cn1cc(OCc2cc([N+](=O)[O-])ccc2I)c2ccccc21. The van der Waals surface area contributed by atoms with Crippen LogP contribution in [0, 0.1) is 13.7 Å². The largest absolute Gasteiger partial charge is 0.487 e. The second kappa shape index (κ2) is 8.71. The van der Waals surface area contributed by atoms with E-state index in [9.17, 15) is 10.1 Å². The zero-order valence-electron chi connectivity index (χ0n) is 16.4. The fraction of sp³-hybridized carbons (Fsp3) is 0.364. The average molecular weight is 505 g/mol. The van der Waals surface area contributed by atoms with Crippen molar-refractivity contribution in [1.82, 2.24) is 9.47 Å². The molecule has 2 aromatic carbocycles. The smallest absolute Gasteiger partial charge is 0.269 e. The molecule has 1 unspecified atom stereocenters. The van der Waals surface area contributed by atoms with Gasteiger partial charge in [0.25, 0.3) is 5.69 Å². The maximum atomic E-state index is 11.1. The number of nitro benzene ring substituents is 1. The van der Waals surface area contributed by atoms with Crippen LogP contribution in [0.4, 0.5) is 5.69 Å². The number of ether oxygens (including phenoxy) is 1. The number of piperidine rings is 1. The topological polar surface area (TPSA) is 60.5 Å². The van der Waals surface area contributed by atoms with Crippen LogP contribution in [0.3, 0.4) is 0 Å². The van der Waals surface area contributed by atoms with Gasteiger partial charge in [0.15, 0.2) is 0 Å². The summed E-state index contributed by atoms with van der Waals surface area (Å²) in [6, 6.07) is 13.7.